The Bertz CT molecular complexity index is 1010. The third kappa shape index (κ3) is 4.19. The van der Waals surface area contributed by atoms with Crippen LogP contribution in [0.1, 0.15) is 49.5 Å². The van der Waals surface area contributed by atoms with E-state index in [9.17, 15) is 4.79 Å². The number of thioether (sulfide) groups is 1. The van der Waals surface area contributed by atoms with Gasteiger partial charge in [-0.1, -0.05) is 43.2 Å². The van der Waals surface area contributed by atoms with Crippen molar-refractivity contribution in [2.45, 2.75) is 43.2 Å². The summed E-state index contributed by atoms with van der Waals surface area (Å²) < 4.78 is 1.67. The van der Waals surface area contributed by atoms with Gasteiger partial charge in [0.15, 0.2) is 5.82 Å². The topological polar surface area (TPSA) is 106 Å². The zero-order valence-corrected chi connectivity index (χ0v) is 16.0. The van der Waals surface area contributed by atoms with E-state index >= 15 is 0 Å². The van der Waals surface area contributed by atoms with Gasteiger partial charge >= 0.3 is 5.97 Å². The van der Waals surface area contributed by atoms with E-state index in [1.807, 2.05) is 24.3 Å². The molecule has 0 spiro atoms. The van der Waals surface area contributed by atoms with Crippen molar-refractivity contribution >= 4 is 35.0 Å². The molecule has 8 nitrogen and oxygen atoms in total. The Balaban J connectivity index is 1.65. The van der Waals surface area contributed by atoms with E-state index in [-0.39, 0.29) is 5.75 Å². The standard InChI is InChI=1S/C19H20N6O2S/c26-17(27)12-28-19-24-23-18(13-6-2-1-3-7-13)25(19)21-11-14-10-20-15-8-4-5-9-16(15)22-14/h4-5,8-11,13H,1-3,6-7,12H2,(H,26,27)/b21-11-. The van der Waals surface area contributed by atoms with Gasteiger partial charge in [-0.25, -0.2) is 4.98 Å². The maximum absolute atomic E-state index is 11.0. The first kappa shape index (κ1) is 18.5. The van der Waals surface area contributed by atoms with Crippen LogP contribution in [0.5, 0.6) is 0 Å². The largest absolute Gasteiger partial charge is 0.481 e. The number of carbonyl (C=O) groups is 1. The number of benzene rings is 1. The smallest absolute Gasteiger partial charge is 0.313 e. The molecule has 1 aromatic carbocycles. The number of aliphatic carboxylic acids is 1. The minimum Gasteiger partial charge on any atom is -0.481 e. The molecule has 0 radical (unpaired) electrons. The molecule has 1 N–H and O–H groups in total. The minimum atomic E-state index is -0.900. The van der Waals surface area contributed by atoms with Crippen LogP contribution in [0.4, 0.5) is 0 Å². The fourth-order valence-electron chi connectivity index (χ4n) is 3.37. The van der Waals surface area contributed by atoms with E-state index in [0.29, 0.717) is 16.8 Å². The molecule has 144 valence electrons. The molecule has 4 rings (SSSR count). The monoisotopic (exact) mass is 396 g/mol. The molecule has 2 aromatic heterocycles. The average Bonchev–Trinajstić information content (AvgIpc) is 3.14. The maximum Gasteiger partial charge on any atom is 0.313 e. The van der Waals surface area contributed by atoms with Crippen LogP contribution in [0.25, 0.3) is 11.0 Å². The normalized spacial score (nSPS) is 15.4. The van der Waals surface area contributed by atoms with E-state index < -0.39 is 5.97 Å². The van der Waals surface area contributed by atoms with Crippen molar-refractivity contribution in [3.05, 3.63) is 42.0 Å². The van der Waals surface area contributed by atoms with E-state index in [2.05, 4.69) is 25.3 Å². The minimum absolute atomic E-state index is 0.0892. The molecule has 1 aliphatic carbocycles. The van der Waals surface area contributed by atoms with Gasteiger partial charge < -0.3 is 5.11 Å². The highest BCUT2D eigenvalue weighted by Crippen LogP contribution is 2.33. The van der Waals surface area contributed by atoms with Crippen LogP contribution >= 0.6 is 11.8 Å². The molecule has 2 heterocycles. The van der Waals surface area contributed by atoms with Crippen LogP contribution in [0, 0.1) is 0 Å². The Morgan fingerprint density at radius 2 is 2.00 bits per heavy atom. The number of aromatic nitrogens is 5. The molecular formula is C19H20N6O2S. The lowest BCUT2D eigenvalue weighted by Gasteiger charge is -2.20. The lowest BCUT2D eigenvalue weighted by Crippen LogP contribution is -2.11. The van der Waals surface area contributed by atoms with Gasteiger partial charge in [-0.15, -0.1) is 10.2 Å². The van der Waals surface area contributed by atoms with Crippen LogP contribution in [-0.4, -0.2) is 47.9 Å². The Labute approximate surface area is 166 Å². The molecule has 28 heavy (non-hydrogen) atoms. The lowest BCUT2D eigenvalue weighted by atomic mass is 9.89. The van der Waals surface area contributed by atoms with Crippen molar-refractivity contribution in [3.8, 4) is 0 Å². The Hall–Kier alpha value is -2.81. The number of para-hydroxylation sites is 2. The predicted molar refractivity (Wildman–Crippen MR) is 107 cm³/mol. The van der Waals surface area contributed by atoms with Crippen molar-refractivity contribution in [1.82, 2.24) is 24.8 Å². The third-order valence-electron chi connectivity index (χ3n) is 4.70. The van der Waals surface area contributed by atoms with Crippen molar-refractivity contribution in [1.29, 1.82) is 0 Å². The average molecular weight is 396 g/mol. The summed E-state index contributed by atoms with van der Waals surface area (Å²) >= 11 is 1.12. The summed E-state index contributed by atoms with van der Waals surface area (Å²) in [6.07, 6.45) is 8.95. The number of fused-ring (bicyclic) bond motifs is 1. The quantitative estimate of drug-likeness (QED) is 0.503. The molecule has 0 unspecified atom stereocenters. The Morgan fingerprint density at radius 3 is 2.79 bits per heavy atom. The van der Waals surface area contributed by atoms with Gasteiger partial charge in [-0.2, -0.15) is 9.78 Å². The zero-order valence-electron chi connectivity index (χ0n) is 15.2. The highest BCUT2D eigenvalue weighted by atomic mass is 32.2. The van der Waals surface area contributed by atoms with Crippen LogP contribution in [0.3, 0.4) is 0 Å². The summed E-state index contributed by atoms with van der Waals surface area (Å²) in [6, 6.07) is 7.65. The molecule has 0 bridgehead atoms. The second-order valence-electron chi connectivity index (χ2n) is 6.70. The molecule has 9 heteroatoms. The summed E-state index contributed by atoms with van der Waals surface area (Å²) in [5.41, 5.74) is 2.24. The second-order valence-corrected chi connectivity index (χ2v) is 7.64. The van der Waals surface area contributed by atoms with E-state index in [0.717, 1.165) is 54.3 Å². The van der Waals surface area contributed by atoms with Gasteiger partial charge in [0.1, 0.15) is 5.69 Å². The summed E-state index contributed by atoms with van der Waals surface area (Å²) in [7, 11) is 0. The van der Waals surface area contributed by atoms with Crippen molar-refractivity contribution in [2.75, 3.05) is 5.75 Å². The summed E-state index contributed by atoms with van der Waals surface area (Å²) in [5.74, 6) is 0.0923. The first-order chi connectivity index (χ1) is 13.7. The van der Waals surface area contributed by atoms with Crippen LogP contribution in [-0.2, 0) is 4.79 Å². The van der Waals surface area contributed by atoms with Crippen LogP contribution in [0.2, 0.25) is 0 Å². The van der Waals surface area contributed by atoms with E-state index in [4.69, 9.17) is 5.11 Å². The van der Waals surface area contributed by atoms with Crippen LogP contribution in [0.15, 0.2) is 40.7 Å². The van der Waals surface area contributed by atoms with Gasteiger partial charge in [-0.05, 0) is 25.0 Å². The molecule has 0 amide bonds. The Kier molecular flexibility index (Phi) is 5.61. The molecule has 0 atom stereocenters. The highest BCUT2D eigenvalue weighted by Gasteiger charge is 2.23. The predicted octanol–water partition coefficient (Wildman–Crippen LogP) is 3.33. The molecular weight excluding hydrogens is 376 g/mol. The summed E-state index contributed by atoms with van der Waals surface area (Å²) in [4.78, 5) is 19.9. The zero-order chi connectivity index (χ0) is 19.3. The molecule has 0 aliphatic heterocycles. The molecule has 3 aromatic rings. The van der Waals surface area contributed by atoms with Crippen molar-refractivity contribution in [2.24, 2.45) is 5.10 Å². The number of hydrogen-bond donors (Lipinski definition) is 1. The molecule has 0 saturated heterocycles. The highest BCUT2D eigenvalue weighted by molar-refractivity contribution is 7.99. The Morgan fingerprint density at radius 1 is 1.21 bits per heavy atom. The van der Waals surface area contributed by atoms with Gasteiger partial charge in [0.25, 0.3) is 0 Å². The van der Waals surface area contributed by atoms with Gasteiger partial charge in [0.2, 0.25) is 5.16 Å². The molecule has 1 fully saturated rings. The van der Waals surface area contributed by atoms with Crippen molar-refractivity contribution in [3.63, 3.8) is 0 Å². The number of hydrogen-bond acceptors (Lipinski definition) is 7. The SMILES string of the molecule is O=C(O)CSc1nnc(C2CCCCC2)n1/N=C\c1cnc2ccccc2n1. The van der Waals surface area contributed by atoms with Gasteiger partial charge in [-0.3, -0.25) is 9.78 Å². The number of rotatable bonds is 6. The first-order valence-corrected chi connectivity index (χ1v) is 10.3. The van der Waals surface area contributed by atoms with Crippen molar-refractivity contribution < 1.29 is 9.90 Å². The summed E-state index contributed by atoms with van der Waals surface area (Å²) in [5, 5.41) is 22.5. The number of nitrogens with zero attached hydrogens (tertiary/aromatic N) is 6. The fraction of sp³-hybridized carbons (Fsp3) is 0.368. The molecule has 1 saturated carbocycles. The third-order valence-corrected chi connectivity index (χ3v) is 5.61. The maximum atomic E-state index is 11.0. The van der Waals surface area contributed by atoms with E-state index in [1.165, 1.54) is 6.42 Å². The van der Waals surface area contributed by atoms with Gasteiger partial charge in [0.05, 0.1) is 29.2 Å². The lowest BCUT2D eigenvalue weighted by molar-refractivity contribution is -0.133. The number of carboxylic acid groups (broad SMARTS) is 1. The summed E-state index contributed by atoms with van der Waals surface area (Å²) in [6.45, 7) is 0. The van der Waals surface area contributed by atoms with Gasteiger partial charge in [0, 0.05) is 5.92 Å². The first-order valence-electron chi connectivity index (χ1n) is 9.27. The van der Waals surface area contributed by atoms with E-state index in [1.54, 1.807) is 17.1 Å². The number of carboxylic acids is 1. The molecule has 1 aliphatic rings. The second kappa shape index (κ2) is 8.47. The van der Waals surface area contributed by atoms with Crippen LogP contribution < -0.4 is 0 Å². The fourth-order valence-corrected chi connectivity index (χ4v) is 3.98.